The first-order valence-corrected chi connectivity index (χ1v) is 9.60. The van der Waals surface area contributed by atoms with Crippen molar-refractivity contribution in [3.05, 3.63) is 84.2 Å². The number of aliphatic hydroxyl groups is 1. The Kier molecular flexibility index (Phi) is 7.21. The van der Waals surface area contributed by atoms with Gasteiger partial charge in [0.1, 0.15) is 0 Å². The van der Waals surface area contributed by atoms with Gasteiger partial charge in [-0.2, -0.15) is 5.10 Å². The number of aromatic nitrogens is 2. The van der Waals surface area contributed by atoms with Crippen molar-refractivity contribution in [2.45, 2.75) is 26.0 Å². The molecule has 146 valence electrons. The highest BCUT2D eigenvalue weighted by Gasteiger charge is 2.07. The van der Waals surface area contributed by atoms with Crippen LogP contribution in [0.3, 0.4) is 0 Å². The molecule has 1 unspecified atom stereocenters. The smallest absolute Gasteiger partial charge is 0.191 e. The average molecular weight is 377 g/mol. The third-order valence-electron chi connectivity index (χ3n) is 4.32. The van der Waals surface area contributed by atoms with E-state index in [-0.39, 0.29) is 0 Å². The van der Waals surface area contributed by atoms with E-state index in [1.54, 1.807) is 0 Å². The van der Waals surface area contributed by atoms with E-state index in [1.165, 1.54) is 0 Å². The normalized spacial score (nSPS) is 12.6. The predicted octanol–water partition coefficient (Wildman–Crippen LogP) is 3.05. The van der Waals surface area contributed by atoms with Crippen LogP contribution in [0, 0.1) is 0 Å². The molecule has 6 nitrogen and oxygen atoms in total. The van der Waals surface area contributed by atoms with E-state index in [0.717, 1.165) is 29.3 Å². The van der Waals surface area contributed by atoms with Gasteiger partial charge in [0.15, 0.2) is 5.96 Å². The minimum atomic E-state index is -0.485. The Labute approximate surface area is 165 Å². The number of para-hydroxylation sites is 1. The van der Waals surface area contributed by atoms with E-state index in [9.17, 15) is 5.11 Å². The van der Waals surface area contributed by atoms with E-state index in [1.807, 2.05) is 84.7 Å². The first kappa shape index (κ1) is 19.6. The number of rotatable bonds is 8. The van der Waals surface area contributed by atoms with Crippen LogP contribution >= 0.6 is 0 Å². The van der Waals surface area contributed by atoms with Crippen molar-refractivity contribution < 1.29 is 5.11 Å². The average Bonchev–Trinajstić information content (AvgIpc) is 3.22. The van der Waals surface area contributed by atoms with E-state index < -0.39 is 6.10 Å². The molecule has 0 aliphatic carbocycles. The molecule has 0 bridgehead atoms. The lowest BCUT2D eigenvalue weighted by molar-refractivity contribution is 0.168. The molecule has 0 saturated carbocycles. The maximum absolute atomic E-state index is 10.3. The lowest BCUT2D eigenvalue weighted by atomic mass is 10.1. The molecule has 0 fully saturated rings. The quantitative estimate of drug-likeness (QED) is 0.417. The fourth-order valence-electron chi connectivity index (χ4n) is 2.84. The van der Waals surface area contributed by atoms with Crippen LogP contribution in [-0.2, 0) is 6.54 Å². The SMILES string of the molecule is CCNC(=NCc1cnn(-c2ccccc2)c1)NCCC(O)c1ccccc1. The van der Waals surface area contributed by atoms with Gasteiger partial charge in [-0.3, -0.25) is 0 Å². The van der Waals surface area contributed by atoms with Crippen LogP contribution in [0.25, 0.3) is 5.69 Å². The fourth-order valence-corrected chi connectivity index (χ4v) is 2.84. The van der Waals surface area contributed by atoms with Crippen LogP contribution in [0.2, 0.25) is 0 Å². The molecule has 3 N–H and O–H groups in total. The van der Waals surface area contributed by atoms with Crippen molar-refractivity contribution in [3.8, 4) is 5.69 Å². The fraction of sp³-hybridized carbons (Fsp3) is 0.273. The Hall–Kier alpha value is -3.12. The largest absolute Gasteiger partial charge is 0.388 e. The van der Waals surface area contributed by atoms with Crippen molar-refractivity contribution >= 4 is 5.96 Å². The summed E-state index contributed by atoms with van der Waals surface area (Å²) in [5, 5.41) is 21.2. The van der Waals surface area contributed by atoms with Crippen LogP contribution < -0.4 is 10.6 Å². The summed E-state index contributed by atoms with van der Waals surface area (Å²) in [6, 6.07) is 19.7. The van der Waals surface area contributed by atoms with Crippen LogP contribution in [-0.4, -0.2) is 33.9 Å². The second-order valence-corrected chi connectivity index (χ2v) is 6.47. The molecule has 0 saturated heterocycles. The predicted molar refractivity (Wildman–Crippen MR) is 112 cm³/mol. The molecular weight excluding hydrogens is 350 g/mol. The van der Waals surface area contributed by atoms with E-state index in [2.05, 4.69) is 20.7 Å². The zero-order valence-corrected chi connectivity index (χ0v) is 16.1. The molecule has 0 aliphatic rings. The summed E-state index contributed by atoms with van der Waals surface area (Å²) in [7, 11) is 0. The molecule has 3 rings (SSSR count). The van der Waals surface area contributed by atoms with Gasteiger partial charge in [0, 0.05) is 24.8 Å². The molecule has 1 atom stereocenters. The molecule has 28 heavy (non-hydrogen) atoms. The number of nitrogens with one attached hydrogen (secondary N) is 2. The van der Waals surface area contributed by atoms with Crippen LogP contribution in [0.1, 0.15) is 30.6 Å². The Balaban J connectivity index is 1.53. The molecule has 0 amide bonds. The van der Waals surface area contributed by atoms with Gasteiger partial charge in [-0.15, -0.1) is 0 Å². The number of benzene rings is 2. The highest BCUT2D eigenvalue weighted by molar-refractivity contribution is 5.79. The Bertz CT molecular complexity index is 861. The highest BCUT2D eigenvalue weighted by atomic mass is 16.3. The zero-order chi connectivity index (χ0) is 19.6. The second kappa shape index (κ2) is 10.3. The number of aliphatic hydroxyl groups excluding tert-OH is 1. The van der Waals surface area contributed by atoms with Crippen LogP contribution in [0.4, 0.5) is 0 Å². The third kappa shape index (κ3) is 5.69. The van der Waals surface area contributed by atoms with Crippen molar-refractivity contribution in [1.82, 2.24) is 20.4 Å². The van der Waals surface area contributed by atoms with E-state index in [0.29, 0.717) is 19.5 Å². The molecule has 1 aromatic heterocycles. The Morgan fingerprint density at radius 1 is 1.07 bits per heavy atom. The maximum Gasteiger partial charge on any atom is 0.191 e. The highest BCUT2D eigenvalue weighted by Crippen LogP contribution is 2.14. The zero-order valence-electron chi connectivity index (χ0n) is 16.1. The molecule has 0 radical (unpaired) electrons. The van der Waals surface area contributed by atoms with E-state index >= 15 is 0 Å². The molecule has 0 aliphatic heterocycles. The number of aliphatic imine (C=N–C) groups is 1. The van der Waals surface area contributed by atoms with Gasteiger partial charge in [0.25, 0.3) is 0 Å². The van der Waals surface area contributed by atoms with Crippen LogP contribution in [0.15, 0.2) is 78.0 Å². The van der Waals surface area contributed by atoms with Crippen molar-refractivity contribution in [2.24, 2.45) is 4.99 Å². The van der Waals surface area contributed by atoms with Gasteiger partial charge in [-0.1, -0.05) is 48.5 Å². The monoisotopic (exact) mass is 377 g/mol. The summed E-state index contributed by atoms with van der Waals surface area (Å²) < 4.78 is 1.85. The first-order chi connectivity index (χ1) is 13.8. The molecule has 1 heterocycles. The second-order valence-electron chi connectivity index (χ2n) is 6.47. The summed E-state index contributed by atoms with van der Waals surface area (Å²) in [5.41, 5.74) is 2.99. The number of nitrogens with zero attached hydrogens (tertiary/aromatic N) is 3. The number of hydrogen-bond acceptors (Lipinski definition) is 3. The van der Waals surface area contributed by atoms with Crippen molar-refractivity contribution in [3.63, 3.8) is 0 Å². The Morgan fingerprint density at radius 2 is 1.79 bits per heavy atom. The van der Waals surface area contributed by atoms with Crippen LogP contribution in [0.5, 0.6) is 0 Å². The first-order valence-electron chi connectivity index (χ1n) is 9.60. The summed E-state index contributed by atoms with van der Waals surface area (Å²) in [6.45, 7) is 3.97. The number of hydrogen-bond donors (Lipinski definition) is 3. The lowest BCUT2D eigenvalue weighted by Gasteiger charge is -2.14. The molecule has 6 heteroatoms. The Morgan fingerprint density at radius 3 is 2.50 bits per heavy atom. The standard InChI is InChI=1S/C22H27N5O/c1-2-23-22(24-14-13-21(28)19-9-5-3-6-10-19)25-15-18-16-26-27(17-18)20-11-7-4-8-12-20/h3-12,16-17,21,28H,2,13-15H2,1H3,(H2,23,24,25). The molecule has 3 aromatic rings. The summed E-state index contributed by atoms with van der Waals surface area (Å²) in [5.74, 6) is 0.732. The minimum Gasteiger partial charge on any atom is -0.388 e. The van der Waals surface area contributed by atoms with Gasteiger partial charge in [-0.05, 0) is 31.0 Å². The summed E-state index contributed by atoms with van der Waals surface area (Å²) >= 11 is 0. The summed E-state index contributed by atoms with van der Waals surface area (Å²) in [6.07, 6.45) is 3.95. The van der Waals surface area contributed by atoms with Gasteiger partial charge < -0.3 is 15.7 Å². The minimum absolute atomic E-state index is 0.485. The van der Waals surface area contributed by atoms with Crippen molar-refractivity contribution in [2.75, 3.05) is 13.1 Å². The lowest BCUT2D eigenvalue weighted by Crippen LogP contribution is -2.38. The molecular formula is C22H27N5O. The molecule has 2 aromatic carbocycles. The van der Waals surface area contributed by atoms with Gasteiger partial charge in [0.05, 0.1) is 24.5 Å². The maximum atomic E-state index is 10.3. The number of guanidine groups is 1. The molecule has 0 spiro atoms. The van der Waals surface area contributed by atoms with Crippen molar-refractivity contribution in [1.29, 1.82) is 0 Å². The summed E-state index contributed by atoms with van der Waals surface area (Å²) in [4.78, 5) is 4.62. The topological polar surface area (TPSA) is 74.5 Å². The van der Waals surface area contributed by atoms with Gasteiger partial charge >= 0.3 is 0 Å². The third-order valence-corrected chi connectivity index (χ3v) is 4.32. The van der Waals surface area contributed by atoms with Gasteiger partial charge in [0.2, 0.25) is 0 Å². The van der Waals surface area contributed by atoms with Gasteiger partial charge in [-0.25, -0.2) is 9.67 Å². The van der Waals surface area contributed by atoms with E-state index in [4.69, 9.17) is 0 Å².